The largest absolute Gasteiger partial charge is 0.507 e. The fourth-order valence-corrected chi connectivity index (χ4v) is 3.71. The zero-order valence-electron chi connectivity index (χ0n) is 17.0. The molecule has 0 amide bonds. The van der Waals surface area contributed by atoms with Crippen molar-refractivity contribution in [2.24, 2.45) is 0 Å². The van der Waals surface area contributed by atoms with Crippen molar-refractivity contribution in [2.45, 2.75) is 79.1 Å². The molecular weight excluding hydrogens is 320 g/mol. The summed E-state index contributed by atoms with van der Waals surface area (Å²) in [6, 6.07) is 8.29. The molecule has 2 aromatic carbocycles. The molecule has 0 saturated heterocycles. The fraction of sp³-hybridized carbons (Fsp3) is 0.500. The lowest BCUT2D eigenvalue weighted by molar-refractivity contribution is 0.448. The van der Waals surface area contributed by atoms with E-state index in [9.17, 15) is 10.2 Å². The summed E-state index contributed by atoms with van der Waals surface area (Å²) < 4.78 is 0. The summed E-state index contributed by atoms with van der Waals surface area (Å²) >= 11 is 0. The molecule has 2 heteroatoms. The second kappa shape index (κ2) is 9.12. The first-order valence-corrected chi connectivity index (χ1v) is 10.0. The van der Waals surface area contributed by atoms with Crippen LogP contribution in [0.15, 0.2) is 24.3 Å². The summed E-state index contributed by atoms with van der Waals surface area (Å²) in [6.45, 7) is 10.6. The smallest absolute Gasteiger partial charge is 0.122 e. The van der Waals surface area contributed by atoms with E-state index < -0.39 is 0 Å². The molecule has 26 heavy (non-hydrogen) atoms. The van der Waals surface area contributed by atoms with Gasteiger partial charge in [-0.1, -0.05) is 69.0 Å². The molecule has 0 unspecified atom stereocenters. The molecule has 0 aromatic heterocycles. The standard InChI is InChI=1S/C24H34O2/c1-6-8-10-19-12-16(3)14-21(23(19)25)18(5)22-15-17(4)13-20(24(22)26)11-9-7-2/h12-15,18,25-26H,6-11H2,1-5H3. The molecule has 0 spiro atoms. The first-order valence-electron chi connectivity index (χ1n) is 10.0. The van der Waals surface area contributed by atoms with Crippen LogP contribution in [0.25, 0.3) is 0 Å². The first-order chi connectivity index (χ1) is 12.4. The third kappa shape index (κ3) is 4.60. The van der Waals surface area contributed by atoms with Crippen molar-refractivity contribution in [2.75, 3.05) is 0 Å². The van der Waals surface area contributed by atoms with Gasteiger partial charge in [-0.15, -0.1) is 0 Å². The topological polar surface area (TPSA) is 40.5 Å². The van der Waals surface area contributed by atoms with E-state index in [4.69, 9.17) is 0 Å². The quantitative estimate of drug-likeness (QED) is 0.564. The van der Waals surface area contributed by atoms with Gasteiger partial charge in [0.25, 0.3) is 0 Å². The molecule has 0 aliphatic heterocycles. The summed E-state index contributed by atoms with van der Waals surface area (Å²) in [5.74, 6) is 0.746. The maximum atomic E-state index is 10.9. The SMILES string of the molecule is CCCCc1cc(C)cc(C(C)c2cc(C)cc(CCCC)c2O)c1O. The van der Waals surface area contributed by atoms with Crippen LogP contribution in [0.1, 0.15) is 85.8 Å². The van der Waals surface area contributed by atoms with Crippen LogP contribution in [0, 0.1) is 13.8 Å². The molecule has 0 fully saturated rings. The maximum absolute atomic E-state index is 10.9. The molecule has 0 atom stereocenters. The van der Waals surface area contributed by atoms with Gasteiger partial charge in [-0.3, -0.25) is 0 Å². The van der Waals surface area contributed by atoms with Gasteiger partial charge in [-0.2, -0.15) is 0 Å². The number of hydrogen-bond donors (Lipinski definition) is 2. The average molecular weight is 355 g/mol. The minimum absolute atomic E-state index is 0.0458. The normalized spacial score (nSPS) is 11.3. The zero-order chi connectivity index (χ0) is 19.3. The van der Waals surface area contributed by atoms with Crippen LogP contribution in [-0.4, -0.2) is 10.2 Å². The maximum Gasteiger partial charge on any atom is 0.122 e. The van der Waals surface area contributed by atoms with Crippen LogP contribution < -0.4 is 0 Å². The highest BCUT2D eigenvalue weighted by atomic mass is 16.3. The summed E-state index contributed by atoms with van der Waals surface area (Å²) in [7, 11) is 0. The van der Waals surface area contributed by atoms with Gasteiger partial charge in [0.1, 0.15) is 11.5 Å². The lowest BCUT2D eigenvalue weighted by Gasteiger charge is -2.21. The van der Waals surface area contributed by atoms with E-state index in [0.29, 0.717) is 11.5 Å². The molecule has 0 aliphatic carbocycles. The third-order valence-electron chi connectivity index (χ3n) is 5.26. The molecule has 0 aliphatic rings. The minimum Gasteiger partial charge on any atom is -0.507 e. The molecule has 2 aromatic rings. The van der Waals surface area contributed by atoms with Gasteiger partial charge in [0.05, 0.1) is 0 Å². The van der Waals surface area contributed by atoms with Crippen molar-refractivity contribution in [3.63, 3.8) is 0 Å². The number of hydrogen-bond acceptors (Lipinski definition) is 2. The zero-order valence-corrected chi connectivity index (χ0v) is 17.0. The number of rotatable bonds is 8. The highest BCUT2D eigenvalue weighted by Crippen LogP contribution is 2.40. The fourth-order valence-electron chi connectivity index (χ4n) is 3.71. The number of aryl methyl sites for hydroxylation is 4. The first kappa shape index (κ1) is 20.4. The highest BCUT2D eigenvalue weighted by Gasteiger charge is 2.20. The van der Waals surface area contributed by atoms with Crippen molar-refractivity contribution in [1.82, 2.24) is 0 Å². The molecule has 142 valence electrons. The van der Waals surface area contributed by atoms with Gasteiger partial charge in [-0.05, 0) is 50.7 Å². The Bertz CT molecular complexity index is 683. The number of benzene rings is 2. The van der Waals surface area contributed by atoms with E-state index >= 15 is 0 Å². The van der Waals surface area contributed by atoms with Gasteiger partial charge < -0.3 is 10.2 Å². The van der Waals surface area contributed by atoms with Crippen LogP contribution in [0.4, 0.5) is 0 Å². The molecular formula is C24H34O2. The summed E-state index contributed by atoms with van der Waals surface area (Å²) in [4.78, 5) is 0. The monoisotopic (exact) mass is 354 g/mol. The lowest BCUT2D eigenvalue weighted by atomic mass is 9.86. The minimum atomic E-state index is -0.0458. The summed E-state index contributed by atoms with van der Waals surface area (Å²) in [5.41, 5.74) is 6.19. The Hall–Kier alpha value is -1.96. The number of phenols is 2. The van der Waals surface area contributed by atoms with Gasteiger partial charge in [-0.25, -0.2) is 0 Å². The van der Waals surface area contributed by atoms with E-state index in [1.54, 1.807) is 0 Å². The second-order valence-corrected chi connectivity index (χ2v) is 7.65. The Morgan fingerprint density at radius 2 is 1.12 bits per heavy atom. The van der Waals surface area contributed by atoms with E-state index in [1.807, 2.05) is 0 Å². The highest BCUT2D eigenvalue weighted by molar-refractivity contribution is 5.53. The van der Waals surface area contributed by atoms with Gasteiger partial charge in [0.15, 0.2) is 0 Å². The Morgan fingerprint density at radius 1 is 0.731 bits per heavy atom. The van der Waals surface area contributed by atoms with Gasteiger partial charge in [0.2, 0.25) is 0 Å². The average Bonchev–Trinajstić information content (AvgIpc) is 2.61. The van der Waals surface area contributed by atoms with Crippen LogP contribution in [-0.2, 0) is 12.8 Å². The molecule has 0 heterocycles. The Balaban J connectivity index is 2.47. The molecule has 0 bridgehead atoms. The number of aromatic hydroxyl groups is 2. The Labute approximate surface area is 158 Å². The predicted molar refractivity (Wildman–Crippen MR) is 110 cm³/mol. The number of unbranched alkanes of at least 4 members (excludes halogenated alkanes) is 2. The molecule has 2 rings (SSSR count). The van der Waals surface area contributed by atoms with E-state index in [2.05, 4.69) is 58.9 Å². The Kier molecular flexibility index (Phi) is 7.14. The second-order valence-electron chi connectivity index (χ2n) is 7.65. The van der Waals surface area contributed by atoms with Crippen molar-refractivity contribution in [3.05, 3.63) is 57.6 Å². The molecule has 2 nitrogen and oxygen atoms in total. The van der Waals surface area contributed by atoms with Crippen LogP contribution >= 0.6 is 0 Å². The van der Waals surface area contributed by atoms with E-state index in [1.165, 1.54) is 0 Å². The summed E-state index contributed by atoms with van der Waals surface area (Å²) in [6.07, 6.45) is 6.15. The molecule has 0 saturated carbocycles. The van der Waals surface area contributed by atoms with Crippen molar-refractivity contribution >= 4 is 0 Å². The van der Waals surface area contributed by atoms with Crippen LogP contribution in [0.5, 0.6) is 11.5 Å². The summed E-state index contributed by atoms with van der Waals surface area (Å²) in [5, 5.41) is 21.7. The predicted octanol–water partition coefficient (Wildman–Crippen LogP) is 6.55. The molecule has 0 radical (unpaired) electrons. The van der Waals surface area contributed by atoms with Crippen LogP contribution in [0.3, 0.4) is 0 Å². The van der Waals surface area contributed by atoms with Crippen molar-refractivity contribution in [1.29, 1.82) is 0 Å². The lowest BCUT2D eigenvalue weighted by Crippen LogP contribution is -2.03. The van der Waals surface area contributed by atoms with Crippen molar-refractivity contribution < 1.29 is 10.2 Å². The number of phenolic OH excluding ortho intramolecular Hbond substituents is 2. The van der Waals surface area contributed by atoms with E-state index in [0.717, 1.165) is 71.9 Å². The van der Waals surface area contributed by atoms with Crippen LogP contribution in [0.2, 0.25) is 0 Å². The van der Waals surface area contributed by atoms with E-state index in [-0.39, 0.29) is 5.92 Å². The van der Waals surface area contributed by atoms with Crippen molar-refractivity contribution in [3.8, 4) is 11.5 Å². The third-order valence-corrected chi connectivity index (χ3v) is 5.26. The van der Waals surface area contributed by atoms with Gasteiger partial charge in [0, 0.05) is 17.0 Å². The Morgan fingerprint density at radius 3 is 1.46 bits per heavy atom. The van der Waals surface area contributed by atoms with Gasteiger partial charge >= 0.3 is 0 Å². The molecule has 2 N–H and O–H groups in total.